The highest BCUT2D eigenvalue weighted by Crippen LogP contribution is 2.27. The molecule has 0 radical (unpaired) electrons. The Morgan fingerprint density at radius 3 is 2.38 bits per heavy atom. The Morgan fingerprint density at radius 2 is 1.73 bits per heavy atom. The van der Waals surface area contributed by atoms with Gasteiger partial charge in [0, 0.05) is 28.8 Å². The number of benzene rings is 3. The number of ether oxygens (including phenoxy) is 1. The number of rotatable bonds is 6. The van der Waals surface area contributed by atoms with Gasteiger partial charge in [-0.2, -0.15) is 0 Å². The van der Waals surface area contributed by atoms with Crippen LogP contribution in [0.4, 0.5) is 0 Å². The van der Waals surface area contributed by atoms with Gasteiger partial charge in [-0.3, -0.25) is 4.99 Å². The van der Waals surface area contributed by atoms with Gasteiger partial charge in [0.15, 0.2) is 0 Å². The Hall–Kier alpha value is -2.78. The number of nitrogens with zero attached hydrogens (tertiary/aromatic N) is 1. The first-order chi connectivity index (χ1) is 12.7. The van der Waals surface area contributed by atoms with Crippen molar-refractivity contribution in [2.75, 3.05) is 13.7 Å². The monoisotopic (exact) mass is 365 g/mol. The number of hydrogen-bond acceptors (Lipinski definition) is 3. The van der Waals surface area contributed by atoms with E-state index in [9.17, 15) is 5.11 Å². The summed E-state index contributed by atoms with van der Waals surface area (Å²) in [6.07, 6.45) is 0.828. The van der Waals surface area contributed by atoms with Crippen molar-refractivity contribution in [1.82, 2.24) is 0 Å². The van der Waals surface area contributed by atoms with Crippen molar-refractivity contribution in [3.8, 4) is 11.5 Å². The smallest absolute Gasteiger partial charge is 0.128 e. The van der Waals surface area contributed by atoms with Crippen molar-refractivity contribution in [2.45, 2.75) is 6.42 Å². The number of halogens is 1. The quantitative estimate of drug-likeness (QED) is 0.615. The lowest BCUT2D eigenvalue weighted by atomic mass is 10.0. The highest BCUT2D eigenvalue weighted by Gasteiger charge is 2.12. The van der Waals surface area contributed by atoms with E-state index in [2.05, 4.69) is 12.1 Å². The normalized spacial score (nSPS) is 11.4. The molecular weight excluding hydrogens is 346 g/mol. The molecule has 4 heteroatoms. The van der Waals surface area contributed by atoms with E-state index in [0.717, 1.165) is 17.7 Å². The zero-order valence-corrected chi connectivity index (χ0v) is 15.3. The number of methoxy groups -OCH3 is 1. The van der Waals surface area contributed by atoms with E-state index in [1.165, 1.54) is 5.56 Å². The molecule has 0 aliphatic rings. The van der Waals surface area contributed by atoms with Crippen LogP contribution in [-0.4, -0.2) is 24.5 Å². The van der Waals surface area contributed by atoms with Crippen LogP contribution in [0, 0.1) is 0 Å². The standard InChI is InChI=1S/C22H20ClNO2/c1-26-19-11-12-20(21(25)15-19)22(17-7-9-18(23)10-8-17)24-14-13-16-5-3-2-4-6-16/h2-12,15,25H,13-14H2,1H3. The minimum atomic E-state index is 0.137. The van der Waals surface area contributed by atoms with Gasteiger partial charge >= 0.3 is 0 Å². The summed E-state index contributed by atoms with van der Waals surface area (Å²) in [6, 6.07) is 22.9. The lowest BCUT2D eigenvalue weighted by Crippen LogP contribution is -2.06. The van der Waals surface area contributed by atoms with E-state index in [0.29, 0.717) is 22.9 Å². The molecule has 26 heavy (non-hydrogen) atoms. The van der Waals surface area contributed by atoms with Crippen LogP contribution in [0.25, 0.3) is 0 Å². The first-order valence-electron chi connectivity index (χ1n) is 8.39. The van der Waals surface area contributed by atoms with Crippen molar-refractivity contribution in [1.29, 1.82) is 0 Å². The van der Waals surface area contributed by atoms with Crippen LogP contribution in [0.1, 0.15) is 16.7 Å². The van der Waals surface area contributed by atoms with Crippen LogP contribution in [-0.2, 0) is 6.42 Å². The maximum atomic E-state index is 10.4. The molecule has 3 aromatic rings. The summed E-state index contributed by atoms with van der Waals surface area (Å²) in [4.78, 5) is 4.78. The Balaban J connectivity index is 1.93. The fourth-order valence-corrected chi connectivity index (χ4v) is 2.85. The molecule has 0 saturated heterocycles. The maximum absolute atomic E-state index is 10.4. The van der Waals surface area contributed by atoms with Gasteiger partial charge in [0.1, 0.15) is 11.5 Å². The Morgan fingerprint density at radius 1 is 1.00 bits per heavy atom. The molecular formula is C22H20ClNO2. The van der Waals surface area contributed by atoms with Gasteiger partial charge in [-0.25, -0.2) is 0 Å². The van der Waals surface area contributed by atoms with E-state index < -0.39 is 0 Å². The SMILES string of the molecule is COc1ccc(C(=NCCc2ccccc2)c2ccc(Cl)cc2)c(O)c1. The summed E-state index contributed by atoms with van der Waals surface area (Å²) < 4.78 is 5.17. The third-order valence-corrected chi connectivity index (χ3v) is 4.34. The van der Waals surface area contributed by atoms with Gasteiger partial charge in [0.05, 0.1) is 12.8 Å². The fraction of sp³-hybridized carbons (Fsp3) is 0.136. The van der Waals surface area contributed by atoms with Gasteiger partial charge < -0.3 is 9.84 Å². The minimum Gasteiger partial charge on any atom is -0.507 e. The summed E-state index contributed by atoms with van der Waals surface area (Å²) in [6.45, 7) is 0.618. The van der Waals surface area contributed by atoms with Gasteiger partial charge in [0.25, 0.3) is 0 Å². The van der Waals surface area contributed by atoms with Gasteiger partial charge in [-0.05, 0) is 36.2 Å². The average Bonchev–Trinajstić information content (AvgIpc) is 2.67. The molecule has 3 aromatic carbocycles. The van der Waals surface area contributed by atoms with Crippen LogP contribution in [0.2, 0.25) is 5.02 Å². The highest BCUT2D eigenvalue weighted by atomic mass is 35.5. The molecule has 0 aliphatic carbocycles. The molecule has 132 valence electrons. The predicted molar refractivity (Wildman–Crippen MR) is 107 cm³/mol. The molecule has 0 heterocycles. The average molecular weight is 366 g/mol. The first kappa shape index (κ1) is 18.0. The van der Waals surface area contributed by atoms with E-state index in [1.54, 1.807) is 13.2 Å². The third kappa shape index (κ3) is 4.44. The van der Waals surface area contributed by atoms with E-state index in [4.69, 9.17) is 21.3 Å². The molecule has 0 bridgehead atoms. The van der Waals surface area contributed by atoms with E-state index in [1.807, 2.05) is 54.6 Å². The molecule has 0 unspecified atom stereocenters. The minimum absolute atomic E-state index is 0.137. The second-order valence-corrected chi connectivity index (χ2v) is 6.29. The van der Waals surface area contributed by atoms with Crippen molar-refractivity contribution < 1.29 is 9.84 Å². The van der Waals surface area contributed by atoms with Crippen LogP contribution in [0.15, 0.2) is 77.8 Å². The van der Waals surface area contributed by atoms with Gasteiger partial charge in [-0.1, -0.05) is 54.1 Å². The number of aromatic hydroxyl groups is 1. The van der Waals surface area contributed by atoms with Crippen molar-refractivity contribution in [2.24, 2.45) is 4.99 Å². The van der Waals surface area contributed by atoms with Crippen LogP contribution in [0.3, 0.4) is 0 Å². The second-order valence-electron chi connectivity index (χ2n) is 5.86. The number of hydrogen-bond donors (Lipinski definition) is 1. The second kappa shape index (κ2) is 8.54. The largest absolute Gasteiger partial charge is 0.507 e. The van der Waals surface area contributed by atoms with E-state index in [-0.39, 0.29) is 5.75 Å². The summed E-state index contributed by atoms with van der Waals surface area (Å²) in [7, 11) is 1.57. The zero-order valence-electron chi connectivity index (χ0n) is 14.5. The maximum Gasteiger partial charge on any atom is 0.128 e. The van der Waals surface area contributed by atoms with Crippen LogP contribution in [0.5, 0.6) is 11.5 Å². The molecule has 0 spiro atoms. The van der Waals surface area contributed by atoms with Crippen molar-refractivity contribution >= 4 is 17.3 Å². The molecule has 0 amide bonds. The summed E-state index contributed by atoms with van der Waals surface area (Å²) in [5.74, 6) is 0.740. The molecule has 3 nitrogen and oxygen atoms in total. The molecule has 0 aromatic heterocycles. The molecule has 0 fully saturated rings. The van der Waals surface area contributed by atoms with Gasteiger partial charge in [-0.15, -0.1) is 0 Å². The lowest BCUT2D eigenvalue weighted by Gasteiger charge is -2.11. The molecule has 1 N–H and O–H groups in total. The number of aliphatic imine (C=N–C) groups is 1. The molecule has 0 aliphatic heterocycles. The van der Waals surface area contributed by atoms with Crippen molar-refractivity contribution in [3.05, 3.63) is 94.5 Å². The summed E-state index contributed by atoms with van der Waals surface area (Å²) in [5, 5.41) is 11.1. The first-order valence-corrected chi connectivity index (χ1v) is 8.77. The summed E-state index contributed by atoms with van der Waals surface area (Å²) in [5.41, 5.74) is 3.53. The molecule has 0 atom stereocenters. The summed E-state index contributed by atoms with van der Waals surface area (Å²) >= 11 is 6.01. The molecule has 3 rings (SSSR count). The van der Waals surface area contributed by atoms with Crippen molar-refractivity contribution in [3.63, 3.8) is 0 Å². The number of phenols is 1. The molecule has 0 saturated carbocycles. The van der Waals surface area contributed by atoms with Crippen LogP contribution < -0.4 is 4.74 Å². The topological polar surface area (TPSA) is 41.8 Å². The Kier molecular flexibility index (Phi) is 5.92. The van der Waals surface area contributed by atoms with Gasteiger partial charge in [0.2, 0.25) is 0 Å². The lowest BCUT2D eigenvalue weighted by molar-refractivity contribution is 0.407. The van der Waals surface area contributed by atoms with E-state index >= 15 is 0 Å². The Bertz CT molecular complexity index is 890. The number of phenolic OH excluding ortho intramolecular Hbond substituents is 1. The third-order valence-electron chi connectivity index (χ3n) is 4.09. The predicted octanol–water partition coefficient (Wildman–Crippen LogP) is 5.13. The Labute approximate surface area is 158 Å². The van der Waals surface area contributed by atoms with Crippen LogP contribution >= 0.6 is 11.6 Å². The highest BCUT2D eigenvalue weighted by molar-refractivity contribution is 6.30. The fourth-order valence-electron chi connectivity index (χ4n) is 2.72. The zero-order chi connectivity index (χ0) is 18.4.